The number of nitrogens with one attached hydrogen (secondary N) is 2. The van der Waals surface area contributed by atoms with Crippen LogP contribution in [-0.2, 0) is 10.0 Å². The number of hydrogen-bond acceptors (Lipinski definition) is 14. The van der Waals surface area contributed by atoms with Crippen molar-refractivity contribution in [2.45, 2.75) is 25.8 Å². The monoisotopic (exact) mass is 691 g/mol. The third kappa shape index (κ3) is 7.28. The Bertz CT molecular complexity index is 1960. The summed E-state index contributed by atoms with van der Waals surface area (Å²) >= 11 is 0. The third-order valence-electron chi connectivity index (χ3n) is 9.27. The van der Waals surface area contributed by atoms with Gasteiger partial charge in [0.25, 0.3) is 0 Å². The van der Waals surface area contributed by atoms with Gasteiger partial charge in [-0.25, -0.2) is 13.4 Å². The van der Waals surface area contributed by atoms with Crippen LogP contribution < -0.4 is 24.6 Å². The van der Waals surface area contributed by atoms with Gasteiger partial charge in [0, 0.05) is 76.5 Å². The number of nitro groups is 1. The molecule has 0 unspecified atom stereocenters. The molecule has 0 aliphatic carbocycles. The maximum Gasteiger partial charge on any atom is 0.329 e. The van der Waals surface area contributed by atoms with Crippen molar-refractivity contribution in [1.82, 2.24) is 29.7 Å². The minimum atomic E-state index is -3.75. The van der Waals surface area contributed by atoms with E-state index in [1.807, 2.05) is 19.1 Å². The van der Waals surface area contributed by atoms with Crippen molar-refractivity contribution >= 4 is 61.3 Å². The maximum absolute atomic E-state index is 12.6. The van der Waals surface area contributed by atoms with Crippen LogP contribution in [0.2, 0.25) is 0 Å². The van der Waals surface area contributed by atoms with Crippen molar-refractivity contribution in [1.29, 1.82) is 0 Å². The van der Waals surface area contributed by atoms with Crippen LogP contribution in [0.4, 0.5) is 40.2 Å². The SMILES string of the molecule is COc1cc(N2CCC(N3CCN(C)CC3)CC2)c(C)cc1Nc1ncc([N+](=O)[O-])c(Nc2ccc3nccnc3c2N(C)S(C)(=O)=O)n1. The Morgan fingerprint density at radius 1 is 1.00 bits per heavy atom. The molecule has 0 radical (unpaired) electrons. The molecule has 260 valence electrons. The molecule has 2 saturated heterocycles. The minimum absolute atomic E-state index is 0.0742. The second-order valence-corrected chi connectivity index (χ2v) is 14.5. The lowest BCUT2D eigenvalue weighted by atomic mass is 10.0. The van der Waals surface area contributed by atoms with Crippen molar-refractivity contribution in [3.8, 4) is 5.75 Å². The van der Waals surface area contributed by atoms with Crippen molar-refractivity contribution < 1.29 is 18.1 Å². The molecule has 4 aromatic rings. The highest BCUT2D eigenvalue weighted by atomic mass is 32.2. The molecule has 2 aromatic carbocycles. The summed E-state index contributed by atoms with van der Waals surface area (Å²) in [4.78, 5) is 36.1. The summed E-state index contributed by atoms with van der Waals surface area (Å²) in [6.45, 7) is 8.40. The standard InChI is InChI=1S/C32H41N11O5S/c1-21-18-25(28(48-4)19-26(21)42-12-8-22(9-13-42)41-16-14-39(2)15-17-41)37-32-35-20-27(43(44)45)31(38-32)36-24-7-6-23-29(34-11-10-33-23)30(24)40(3)49(5,46)47/h6-7,10-11,18-20,22H,8-9,12-17H2,1-5H3,(H2,35,36,37,38). The van der Waals surface area contributed by atoms with Gasteiger partial charge in [0.1, 0.15) is 23.2 Å². The topological polar surface area (TPSA) is 175 Å². The fraction of sp³-hybridized carbons (Fsp3) is 0.438. The summed E-state index contributed by atoms with van der Waals surface area (Å²) in [6, 6.07) is 7.77. The predicted molar refractivity (Wildman–Crippen MR) is 190 cm³/mol. The Balaban J connectivity index is 1.26. The smallest absolute Gasteiger partial charge is 0.329 e. The quantitative estimate of drug-likeness (QED) is 0.182. The van der Waals surface area contributed by atoms with Gasteiger partial charge in [-0.2, -0.15) is 4.98 Å². The second kappa shape index (κ2) is 13.9. The molecule has 2 N–H and O–H groups in total. The Labute approximate surface area is 285 Å². The zero-order chi connectivity index (χ0) is 34.9. The fourth-order valence-corrected chi connectivity index (χ4v) is 6.98. The van der Waals surface area contributed by atoms with Crippen LogP contribution in [0, 0.1) is 17.0 Å². The fourth-order valence-electron chi connectivity index (χ4n) is 6.46. The molecule has 6 rings (SSSR count). The van der Waals surface area contributed by atoms with E-state index in [-0.39, 0.29) is 23.1 Å². The van der Waals surface area contributed by atoms with Gasteiger partial charge in [-0.05, 0) is 50.6 Å². The number of likely N-dealkylation sites (N-methyl/N-ethyl adjacent to an activating group) is 1. The molecule has 0 saturated carbocycles. The molecule has 49 heavy (non-hydrogen) atoms. The summed E-state index contributed by atoms with van der Waals surface area (Å²) in [6.07, 6.45) is 7.28. The maximum atomic E-state index is 12.6. The Kier molecular flexibility index (Phi) is 9.67. The van der Waals surface area contributed by atoms with Gasteiger partial charge in [0.2, 0.25) is 21.8 Å². The zero-order valence-corrected chi connectivity index (χ0v) is 29.1. The van der Waals surface area contributed by atoms with E-state index in [0.29, 0.717) is 28.5 Å². The van der Waals surface area contributed by atoms with Gasteiger partial charge in [-0.1, -0.05) is 0 Å². The first kappa shape index (κ1) is 34.0. The molecule has 16 nitrogen and oxygen atoms in total. The van der Waals surface area contributed by atoms with E-state index in [0.717, 1.165) is 80.1 Å². The van der Waals surface area contributed by atoms with E-state index in [9.17, 15) is 18.5 Å². The number of piperazine rings is 1. The van der Waals surface area contributed by atoms with Gasteiger partial charge in [-0.3, -0.25) is 29.3 Å². The summed E-state index contributed by atoms with van der Waals surface area (Å²) in [7, 11) is 1.40. The summed E-state index contributed by atoms with van der Waals surface area (Å²) in [5, 5.41) is 18.2. The van der Waals surface area contributed by atoms with Gasteiger partial charge in [0.15, 0.2) is 0 Å². The lowest BCUT2D eigenvalue weighted by molar-refractivity contribution is -0.384. The number of sulfonamides is 1. The van der Waals surface area contributed by atoms with E-state index >= 15 is 0 Å². The number of aryl methyl sites for hydroxylation is 1. The van der Waals surface area contributed by atoms with E-state index in [1.165, 1.54) is 19.4 Å². The minimum Gasteiger partial charge on any atom is -0.494 e. The summed E-state index contributed by atoms with van der Waals surface area (Å²) < 4.78 is 32.0. The van der Waals surface area contributed by atoms with Crippen LogP contribution in [0.5, 0.6) is 5.75 Å². The largest absolute Gasteiger partial charge is 0.494 e. The Morgan fingerprint density at radius 3 is 2.39 bits per heavy atom. The van der Waals surface area contributed by atoms with Crippen LogP contribution in [0.1, 0.15) is 18.4 Å². The molecule has 0 amide bonds. The number of hydrogen-bond donors (Lipinski definition) is 2. The van der Waals surface area contributed by atoms with Crippen LogP contribution >= 0.6 is 0 Å². The number of rotatable bonds is 10. The highest BCUT2D eigenvalue weighted by Crippen LogP contribution is 2.39. The normalized spacial score (nSPS) is 16.5. The lowest BCUT2D eigenvalue weighted by Gasteiger charge is -2.43. The highest BCUT2D eigenvalue weighted by Gasteiger charge is 2.28. The molecular formula is C32H41N11O5S. The predicted octanol–water partition coefficient (Wildman–Crippen LogP) is 3.74. The third-order valence-corrected chi connectivity index (χ3v) is 10.4. The molecule has 2 aliphatic rings. The van der Waals surface area contributed by atoms with Crippen molar-refractivity contribution in [3.05, 3.63) is 58.5 Å². The number of anilines is 6. The molecule has 4 heterocycles. The molecule has 17 heteroatoms. The van der Waals surface area contributed by atoms with Crippen LogP contribution in [0.25, 0.3) is 11.0 Å². The lowest BCUT2D eigenvalue weighted by Crippen LogP contribution is -2.52. The number of ether oxygens (including phenoxy) is 1. The molecule has 2 fully saturated rings. The summed E-state index contributed by atoms with van der Waals surface area (Å²) in [5.74, 6) is 0.498. The molecule has 0 spiro atoms. The Hall–Kier alpha value is -4.87. The van der Waals surface area contributed by atoms with Gasteiger partial charge in [-0.15, -0.1) is 0 Å². The van der Waals surface area contributed by atoms with E-state index in [4.69, 9.17) is 4.74 Å². The van der Waals surface area contributed by atoms with Crippen LogP contribution in [0.15, 0.2) is 42.9 Å². The van der Waals surface area contributed by atoms with Crippen LogP contribution in [0.3, 0.4) is 0 Å². The first-order valence-electron chi connectivity index (χ1n) is 16.0. The number of aromatic nitrogens is 4. The zero-order valence-electron chi connectivity index (χ0n) is 28.3. The average molecular weight is 692 g/mol. The summed E-state index contributed by atoms with van der Waals surface area (Å²) in [5.41, 5.74) is 3.44. The van der Waals surface area contributed by atoms with Gasteiger partial charge >= 0.3 is 5.69 Å². The number of piperidine rings is 1. The van der Waals surface area contributed by atoms with Crippen molar-refractivity contribution in [3.63, 3.8) is 0 Å². The highest BCUT2D eigenvalue weighted by molar-refractivity contribution is 7.92. The second-order valence-electron chi connectivity index (χ2n) is 12.4. The number of nitrogens with zero attached hydrogens (tertiary/aromatic N) is 9. The van der Waals surface area contributed by atoms with Crippen LogP contribution in [-0.4, -0.2) is 116 Å². The van der Waals surface area contributed by atoms with Gasteiger partial charge in [0.05, 0.1) is 35.2 Å². The molecular weight excluding hydrogens is 650 g/mol. The van der Waals surface area contributed by atoms with E-state index in [2.05, 4.69) is 52.3 Å². The van der Waals surface area contributed by atoms with Crippen molar-refractivity contribution in [2.75, 3.05) is 86.6 Å². The molecule has 0 bridgehead atoms. The number of benzene rings is 2. The average Bonchev–Trinajstić information content (AvgIpc) is 3.08. The van der Waals surface area contributed by atoms with Crippen molar-refractivity contribution in [2.24, 2.45) is 0 Å². The number of fused-ring (bicyclic) bond motifs is 1. The Morgan fingerprint density at radius 2 is 1.71 bits per heavy atom. The molecule has 2 aliphatic heterocycles. The molecule has 2 aromatic heterocycles. The van der Waals surface area contributed by atoms with E-state index in [1.54, 1.807) is 19.2 Å². The van der Waals surface area contributed by atoms with Gasteiger partial charge < -0.3 is 25.2 Å². The first-order chi connectivity index (χ1) is 23.4. The number of methoxy groups -OCH3 is 1. The first-order valence-corrected chi connectivity index (χ1v) is 17.9. The van der Waals surface area contributed by atoms with E-state index < -0.39 is 20.6 Å². The molecule has 0 atom stereocenters.